The fourth-order valence-corrected chi connectivity index (χ4v) is 3.32. The third-order valence-electron chi connectivity index (χ3n) is 4.53. The van der Waals surface area contributed by atoms with Gasteiger partial charge in [0.15, 0.2) is 0 Å². The maximum Gasteiger partial charge on any atom is 0.308 e. The van der Waals surface area contributed by atoms with Gasteiger partial charge in [-0.25, -0.2) is 4.68 Å². The van der Waals surface area contributed by atoms with Crippen molar-refractivity contribution in [1.82, 2.24) is 15.1 Å². The number of nitrogens with one attached hydrogen (secondary N) is 1. The van der Waals surface area contributed by atoms with Gasteiger partial charge in [0.25, 0.3) is 5.91 Å². The van der Waals surface area contributed by atoms with Gasteiger partial charge in [-0.15, -0.1) is 0 Å². The molecule has 2 aromatic rings. The number of amides is 1. The Morgan fingerprint density at radius 3 is 2.50 bits per heavy atom. The van der Waals surface area contributed by atoms with Crippen LogP contribution in [0.5, 0.6) is 0 Å². The zero-order valence-electron chi connectivity index (χ0n) is 13.8. The molecule has 0 radical (unpaired) electrons. The molecule has 1 aromatic carbocycles. The molecule has 126 valence electrons. The number of carbonyl (C=O) groups excluding carboxylic acids is 1. The van der Waals surface area contributed by atoms with Crippen LogP contribution >= 0.6 is 0 Å². The second-order valence-electron chi connectivity index (χ2n) is 6.34. The van der Waals surface area contributed by atoms with Gasteiger partial charge in [0, 0.05) is 17.3 Å². The van der Waals surface area contributed by atoms with Crippen LogP contribution in [-0.2, 0) is 4.79 Å². The number of carboxylic acids is 1. The average molecular weight is 327 g/mol. The summed E-state index contributed by atoms with van der Waals surface area (Å²) in [6, 6.07) is 8.88. The zero-order valence-corrected chi connectivity index (χ0v) is 13.8. The summed E-state index contributed by atoms with van der Waals surface area (Å²) in [6.07, 6.45) is 2.17. The van der Waals surface area contributed by atoms with Gasteiger partial charge >= 0.3 is 5.97 Å². The minimum atomic E-state index is -0.835. The Kier molecular flexibility index (Phi) is 4.38. The summed E-state index contributed by atoms with van der Waals surface area (Å²) in [5.41, 5.74) is 3.38. The lowest BCUT2D eigenvalue weighted by Crippen LogP contribution is -2.40. The van der Waals surface area contributed by atoms with Crippen LogP contribution in [-0.4, -0.2) is 32.8 Å². The Bertz CT molecular complexity index is 764. The van der Waals surface area contributed by atoms with E-state index in [-0.39, 0.29) is 11.9 Å². The highest BCUT2D eigenvalue weighted by atomic mass is 16.4. The van der Waals surface area contributed by atoms with Crippen LogP contribution in [0.4, 0.5) is 0 Å². The number of carboxylic acid groups (broad SMARTS) is 1. The molecule has 3 rings (SSSR count). The van der Waals surface area contributed by atoms with E-state index in [0.29, 0.717) is 18.4 Å². The predicted molar refractivity (Wildman–Crippen MR) is 89.3 cm³/mol. The number of aromatic nitrogens is 2. The molecule has 0 aliphatic heterocycles. The SMILES string of the molecule is Cc1cc(C)n(-c2ccc(C(=O)NC3CCCC3C(=O)O)cc2)n1. The van der Waals surface area contributed by atoms with Crippen molar-refractivity contribution in [3.63, 3.8) is 0 Å². The Morgan fingerprint density at radius 2 is 1.92 bits per heavy atom. The summed E-state index contributed by atoms with van der Waals surface area (Å²) >= 11 is 0. The first-order chi connectivity index (χ1) is 11.5. The van der Waals surface area contributed by atoms with Gasteiger partial charge in [-0.3, -0.25) is 9.59 Å². The largest absolute Gasteiger partial charge is 0.481 e. The third-order valence-corrected chi connectivity index (χ3v) is 4.53. The number of aliphatic carboxylic acids is 1. The highest BCUT2D eigenvalue weighted by Crippen LogP contribution is 2.26. The summed E-state index contributed by atoms with van der Waals surface area (Å²) in [4.78, 5) is 23.6. The van der Waals surface area contributed by atoms with E-state index >= 15 is 0 Å². The monoisotopic (exact) mass is 327 g/mol. The molecule has 0 spiro atoms. The molecule has 1 fully saturated rings. The zero-order chi connectivity index (χ0) is 17.3. The van der Waals surface area contributed by atoms with E-state index in [1.54, 1.807) is 12.1 Å². The molecule has 6 heteroatoms. The number of nitrogens with zero attached hydrogens (tertiary/aromatic N) is 2. The molecule has 1 aliphatic rings. The Morgan fingerprint density at radius 1 is 1.21 bits per heavy atom. The lowest BCUT2D eigenvalue weighted by atomic mass is 10.0. The second-order valence-corrected chi connectivity index (χ2v) is 6.34. The maximum atomic E-state index is 12.4. The van der Waals surface area contributed by atoms with Crippen LogP contribution in [0.1, 0.15) is 41.0 Å². The molecular formula is C18H21N3O3. The van der Waals surface area contributed by atoms with Gasteiger partial charge in [-0.2, -0.15) is 5.10 Å². The summed E-state index contributed by atoms with van der Waals surface area (Å²) in [6.45, 7) is 3.92. The lowest BCUT2D eigenvalue weighted by Gasteiger charge is -2.17. The molecule has 1 aliphatic carbocycles. The van der Waals surface area contributed by atoms with Crippen molar-refractivity contribution in [2.45, 2.75) is 39.2 Å². The molecule has 2 atom stereocenters. The third kappa shape index (κ3) is 3.18. The number of hydrogen-bond acceptors (Lipinski definition) is 3. The van der Waals surface area contributed by atoms with Crippen molar-refractivity contribution in [3.05, 3.63) is 47.3 Å². The Labute approximate surface area is 140 Å². The number of aryl methyl sites for hydroxylation is 2. The molecule has 6 nitrogen and oxygen atoms in total. The van der Waals surface area contributed by atoms with E-state index < -0.39 is 11.9 Å². The maximum absolute atomic E-state index is 12.4. The summed E-state index contributed by atoms with van der Waals surface area (Å²) in [5, 5.41) is 16.5. The molecular weight excluding hydrogens is 306 g/mol. The smallest absolute Gasteiger partial charge is 0.308 e. The summed E-state index contributed by atoms with van der Waals surface area (Å²) in [7, 11) is 0. The van der Waals surface area contributed by atoms with Crippen molar-refractivity contribution in [3.8, 4) is 5.69 Å². The van der Waals surface area contributed by atoms with Crippen LogP contribution in [0.15, 0.2) is 30.3 Å². The van der Waals surface area contributed by atoms with E-state index in [4.69, 9.17) is 0 Å². The van der Waals surface area contributed by atoms with E-state index in [1.165, 1.54) is 0 Å². The van der Waals surface area contributed by atoms with Crippen LogP contribution in [0, 0.1) is 19.8 Å². The topological polar surface area (TPSA) is 84.2 Å². The van der Waals surface area contributed by atoms with Crippen LogP contribution in [0.3, 0.4) is 0 Å². The van der Waals surface area contributed by atoms with Gasteiger partial charge in [-0.05, 0) is 57.0 Å². The fraction of sp³-hybridized carbons (Fsp3) is 0.389. The highest BCUT2D eigenvalue weighted by Gasteiger charge is 2.33. The lowest BCUT2D eigenvalue weighted by molar-refractivity contribution is -0.142. The van der Waals surface area contributed by atoms with E-state index in [0.717, 1.165) is 23.5 Å². The van der Waals surface area contributed by atoms with Gasteiger partial charge in [0.05, 0.1) is 17.3 Å². The first-order valence-corrected chi connectivity index (χ1v) is 8.13. The molecule has 1 heterocycles. The minimum Gasteiger partial charge on any atom is -0.481 e. The minimum absolute atomic E-state index is 0.229. The summed E-state index contributed by atoms with van der Waals surface area (Å²) in [5.74, 6) is -1.55. The second kappa shape index (κ2) is 6.47. The molecule has 1 amide bonds. The van der Waals surface area contributed by atoms with Crippen LogP contribution < -0.4 is 5.32 Å². The van der Waals surface area contributed by atoms with Crippen molar-refractivity contribution < 1.29 is 14.7 Å². The van der Waals surface area contributed by atoms with Gasteiger partial charge < -0.3 is 10.4 Å². The number of benzene rings is 1. The van der Waals surface area contributed by atoms with Crippen LogP contribution in [0.2, 0.25) is 0 Å². The van der Waals surface area contributed by atoms with Crippen molar-refractivity contribution in [2.24, 2.45) is 5.92 Å². The molecule has 2 unspecified atom stereocenters. The number of carbonyl (C=O) groups is 2. The molecule has 24 heavy (non-hydrogen) atoms. The van der Waals surface area contributed by atoms with Gasteiger partial charge in [0.2, 0.25) is 0 Å². The Balaban J connectivity index is 1.72. The highest BCUT2D eigenvalue weighted by molar-refractivity contribution is 5.94. The van der Waals surface area contributed by atoms with Crippen molar-refractivity contribution in [1.29, 1.82) is 0 Å². The normalized spacial score (nSPS) is 20.1. The molecule has 0 saturated heterocycles. The van der Waals surface area contributed by atoms with Gasteiger partial charge in [-0.1, -0.05) is 6.42 Å². The Hall–Kier alpha value is -2.63. The molecule has 0 bridgehead atoms. The van der Waals surface area contributed by atoms with E-state index in [1.807, 2.05) is 36.7 Å². The number of rotatable bonds is 4. The van der Waals surface area contributed by atoms with E-state index in [9.17, 15) is 14.7 Å². The van der Waals surface area contributed by atoms with E-state index in [2.05, 4.69) is 10.4 Å². The van der Waals surface area contributed by atoms with Crippen molar-refractivity contribution >= 4 is 11.9 Å². The quantitative estimate of drug-likeness (QED) is 0.903. The van der Waals surface area contributed by atoms with Gasteiger partial charge in [0.1, 0.15) is 0 Å². The fourth-order valence-electron chi connectivity index (χ4n) is 3.32. The standard InChI is InChI=1S/C18H21N3O3/c1-11-10-12(2)21(20-11)14-8-6-13(7-9-14)17(22)19-16-5-3-4-15(16)18(23)24/h6-10,15-16H,3-5H2,1-2H3,(H,19,22)(H,23,24). The molecule has 1 saturated carbocycles. The first-order valence-electron chi connectivity index (χ1n) is 8.13. The molecule has 1 aromatic heterocycles. The molecule has 2 N–H and O–H groups in total. The summed E-state index contributed by atoms with van der Waals surface area (Å²) < 4.78 is 1.83. The first kappa shape index (κ1) is 16.2. The van der Waals surface area contributed by atoms with Crippen molar-refractivity contribution in [2.75, 3.05) is 0 Å². The average Bonchev–Trinajstić information content (AvgIpc) is 3.13. The van der Waals surface area contributed by atoms with Crippen LogP contribution in [0.25, 0.3) is 5.69 Å². The predicted octanol–water partition coefficient (Wildman–Crippen LogP) is 2.47. The number of hydrogen-bond donors (Lipinski definition) is 2.